The second-order valence-corrected chi connectivity index (χ2v) is 8.07. The van der Waals surface area contributed by atoms with Crippen molar-refractivity contribution in [3.63, 3.8) is 0 Å². The number of hydrogen-bond donors (Lipinski definition) is 0. The van der Waals surface area contributed by atoms with Crippen molar-refractivity contribution >= 4 is 17.3 Å². The largest absolute Gasteiger partial charge is 0.497 e. The molecule has 2 aliphatic rings. The number of anilines is 1. The van der Waals surface area contributed by atoms with E-state index in [9.17, 15) is 0 Å². The molecule has 2 fully saturated rings. The summed E-state index contributed by atoms with van der Waals surface area (Å²) in [6, 6.07) is 16.3. The summed E-state index contributed by atoms with van der Waals surface area (Å²) in [5.74, 6) is 1.76. The summed E-state index contributed by atoms with van der Waals surface area (Å²) in [4.78, 5) is 7.39. The number of nitrogens with zero attached hydrogens (tertiary/aromatic N) is 3. The van der Waals surface area contributed by atoms with Crippen LogP contribution >= 0.6 is 11.6 Å². The second-order valence-electron chi connectivity index (χ2n) is 7.63. The maximum atomic E-state index is 6.32. The Bertz CT molecular complexity index is 760. The van der Waals surface area contributed by atoms with Gasteiger partial charge in [0.05, 0.1) is 19.7 Å². The summed E-state index contributed by atoms with van der Waals surface area (Å²) in [7, 11) is 3.89. The number of halogens is 1. The molecular weight excluding hydrogens is 374 g/mol. The third-order valence-corrected chi connectivity index (χ3v) is 6.00. The molecule has 5 nitrogen and oxygen atoms in total. The molecule has 0 N–H and O–H groups in total. The normalized spacial score (nSPS) is 23.3. The van der Waals surface area contributed by atoms with Crippen LogP contribution in [0.15, 0.2) is 48.5 Å². The van der Waals surface area contributed by atoms with E-state index in [4.69, 9.17) is 21.1 Å². The Kier molecular flexibility index (Phi) is 5.95. The summed E-state index contributed by atoms with van der Waals surface area (Å²) in [6.45, 7) is 6.36. The van der Waals surface area contributed by atoms with E-state index < -0.39 is 0 Å². The lowest BCUT2D eigenvalue weighted by Gasteiger charge is -2.51. The van der Waals surface area contributed by atoms with E-state index in [-0.39, 0.29) is 6.10 Å². The molecule has 2 aliphatic heterocycles. The summed E-state index contributed by atoms with van der Waals surface area (Å²) in [6.07, 6.45) is 0.169. The summed E-state index contributed by atoms with van der Waals surface area (Å²) >= 11 is 6.01. The minimum atomic E-state index is 0.169. The number of ether oxygens (including phenoxy) is 2. The zero-order valence-electron chi connectivity index (χ0n) is 16.6. The molecular formula is C22H28ClN3O2. The van der Waals surface area contributed by atoms with Crippen molar-refractivity contribution in [1.82, 2.24) is 9.80 Å². The van der Waals surface area contributed by atoms with Crippen LogP contribution in [-0.2, 0) is 0 Å². The Balaban J connectivity index is 1.47. The minimum Gasteiger partial charge on any atom is -0.497 e. The molecule has 150 valence electrons. The van der Waals surface area contributed by atoms with Crippen molar-refractivity contribution in [2.75, 3.05) is 58.3 Å². The average Bonchev–Trinajstić information content (AvgIpc) is 2.72. The Morgan fingerprint density at radius 2 is 1.57 bits per heavy atom. The molecule has 0 unspecified atom stereocenters. The first-order valence-electron chi connectivity index (χ1n) is 9.86. The van der Waals surface area contributed by atoms with Gasteiger partial charge in [0.1, 0.15) is 17.6 Å². The first kappa shape index (κ1) is 19.4. The van der Waals surface area contributed by atoms with Crippen molar-refractivity contribution in [1.29, 1.82) is 0 Å². The van der Waals surface area contributed by atoms with Gasteiger partial charge in [-0.25, -0.2) is 0 Å². The SMILES string of the molecule is COc1ccc(N2C[C@@H](Oc3ccc(Cl)cc3)[C@H]2CN2CCN(C)CC2)cc1. The third-order valence-electron chi connectivity index (χ3n) is 5.75. The zero-order valence-corrected chi connectivity index (χ0v) is 17.3. The van der Waals surface area contributed by atoms with Gasteiger partial charge in [-0.1, -0.05) is 11.6 Å². The smallest absolute Gasteiger partial charge is 0.138 e. The predicted molar refractivity (Wildman–Crippen MR) is 114 cm³/mol. The maximum absolute atomic E-state index is 6.32. The lowest BCUT2D eigenvalue weighted by atomic mass is 9.96. The van der Waals surface area contributed by atoms with Crippen molar-refractivity contribution in [3.05, 3.63) is 53.6 Å². The molecule has 28 heavy (non-hydrogen) atoms. The summed E-state index contributed by atoms with van der Waals surface area (Å²) in [5.41, 5.74) is 1.22. The van der Waals surface area contributed by atoms with Gasteiger partial charge in [-0.15, -0.1) is 0 Å². The number of rotatable bonds is 6. The van der Waals surface area contributed by atoms with Crippen LogP contribution in [0.4, 0.5) is 5.69 Å². The van der Waals surface area contributed by atoms with Crippen LogP contribution in [0.3, 0.4) is 0 Å². The van der Waals surface area contributed by atoms with E-state index in [0.717, 1.165) is 55.8 Å². The predicted octanol–water partition coefficient (Wildman–Crippen LogP) is 3.23. The lowest BCUT2D eigenvalue weighted by Crippen LogP contribution is -2.67. The van der Waals surface area contributed by atoms with Crippen molar-refractivity contribution in [2.45, 2.75) is 12.1 Å². The first-order chi connectivity index (χ1) is 13.6. The Morgan fingerprint density at radius 3 is 2.21 bits per heavy atom. The highest BCUT2D eigenvalue weighted by atomic mass is 35.5. The molecule has 2 saturated heterocycles. The van der Waals surface area contributed by atoms with Gasteiger partial charge in [0, 0.05) is 43.4 Å². The molecule has 2 heterocycles. The average molecular weight is 402 g/mol. The van der Waals surface area contributed by atoms with Gasteiger partial charge >= 0.3 is 0 Å². The summed E-state index contributed by atoms with van der Waals surface area (Å²) < 4.78 is 11.6. The number of methoxy groups -OCH3 is 1. The number of benzene rings is 2. The Morgan fingerprint density at radius 1 is 0.929 bits per heavy atom. The van der Waals surface area contributed by atoms with E-state index in [1.807, 2.05) is 36.4 Å². The Labute approximate surface area is 172 Å². The van der Waals surface area contributed by atoms with Crippen LogP contribution in [0.2, 0.25) is 5.02 Å². The zero-order chi connectivity index (χ0) is 19.5. The van der Waals surface area contributed by atoms with Gasteiger partial charge in [-0.05, 0) is 55.6 Å². The third kappa shape index (κ3) is 4.37. The standard InChI is InChI=1S/C22H28ClN3O2/c1-24-11-13-25(14-12-24)15-21-22(28-20-7-3-17(23)4-8-20)16-26(21)18-5-9-19(27-2)10-6-18/h3-10,21-22H,11-16H2,1-2H3/t21-,22-/m1/s1. The topological polar surface area (TPSA) is 28.2 Å². The molecule has 0 aromatic heterocycles. The van der Waals surface area contributed by atoms with E-state index in [1.165, 1.54) is 5.69 Å². The highest BCUT2D eigenvalue weighted by Crippen LogP contribution is 2.32. The van der Waals surface area contributed by atoms with Crippen molar-refractivity contribution < 1.29 is 9.47 Å². The van der Waals surface area contributed by atoms with Crippen molar-refractivity contribution in [2.24, 2.45) is 0 Å². The number of hydrogen-bond acceptors (Lipinski definition) is 5. The fraction of sp³-hybridized carbons (Fsp3) is 0.455. The quantitative estimate of drug-likeness (QED) is 0.741. The van der Waals surface area contributed by atoms with Gasteiger partial charge in [-0.3, -0.25) is 4.90 Å². The molecule has 0 aliphatic carbocycles. The van der Waals surface area contributed by atoms with Crippen LogP contribution in [0, 0.1) is 0 Å². The minimum absolute atomic E-state index is 0.169. The van der Waals surface area contributed by atoms with E-state index in [2.05, 4.69) is 33.9 Å². The molecule has 0 bridgehead atoms. The Hall–Kier alpha value is -1.95. The van der Waals surface area contributed by atoms with Crippen molar-refractivity contribution in [3.8, 4) is 11.5 Å². The van der Waals surface area contributed by atoms with Gasteiger partial charge in [0.25, 0.3) is 0 Å². The molecule has 2 aromatic rings. The lowest BCUT2D eigenvalue weighted by molar-refractivity contribution is 0.0709. The van der Waals surface area contributed by atoms with Gasteiger partial charge in [0.2, 0.25) is 0 Å². The van der Waals surface area contributed by atoms with E-state index >= 15 is 0 Å². The highest BCUT2D eigenvalue weighted by molar-refractivity contribution is 6.30. The molecule has 2 atom stereocenters. The molecule has 0 amide bonds. The van der Waals surface area contributed by atoms with E-state index in [0.29, 0.717) is 6.04 Å². The number of likely N-dealkylation sites (N-methyl/N-ethyl adjacent to an activating group) is 1. The van der Waals surface area contributed by atoms with Gasteiger partial charge < -0.3 is 19.3 Å². The monoisotopic (exact) mass is 401 g/mol. The number of piperazine rings is 1. The molecule has 0 saturated carbocycles. The molecule has 0 spiro atoms. The molecule has 4 rings (SSSR count). The molecule has 6 heteroatoms. The fourth-order valence-electron chi connectivity index (χ4n) is 3.90. The van der Waals surface area contributed by atoms with Crippen LogP contribution in [0.5, 0.6) is 11.5 Å². The van der Waals surface area contributed by atoms with Gasteiger partial charge in [0.15, 0.2) is 0 Å². The molecule has 2 aromatic carbocycles. The second kappa shape index (κ2) is 8.60. The first-order valence-corrected chi connectivity index (χ1v) is 10.2. The van der Waals surface area contributed by atoms with Crippen LogP contribution in [0.1, 0.15) is 0 Å². The van der Waals surface area contributed by atoms with Gasteiger partial charge in [-0.2, -0.15) is 0 Å². The van der Waals surface area contributed by atoms with Crippen LogP contribution < -0.4 is 14.4 Å². The van der Waals surface area contributed by atoms with E-state index in [1.54, 1.807) is 7.11 Å². The van der Waals surface area contributed by atoms with Crippen LogP contribution in [0.25, 0.3) is 0 Å². The highest BCUT2D eigenvalue weighted by Gasteiger charge is 2.42. The fourth-order valence-corrected chi connectivity index (χ4v) is 4.03. The maximum Gasteiger partial charge on any atom is 0.138 e. The van der Waals surface area contributed by atoms with Crippen LogP contribution in [-0.4, -0.2) is 75.4 Å². The summed E-state index contributed by atoms with van der Waals surface area (Å²) in [5, 5.41) is 0.731. The molecule has 0 radical (unpaired) electrons.